The number of aryl methyl sites for hydroxylation is 1. The Morgan fingerprint density at radius 1 is 1.47 bits per heavy atom. The van der Waals surface area contributed by atoms with Crippen LogP contribution in [0.15, 0.2) is 6.33 Å². The molecule has 0 bridgehead atoms. The van der Waals surface area contributed by atoms with Crippen molar-refractivity contribution in [3.63, 3.8) is 0 Å². The Morgan fingerprint density at radius 3 is 2.80 bits per heavy atom. The summed E-state index contributed by atoms with van der Waals surface area (Å²) >= 11 is 6.00. The van der Waals surface area contributed by atoms with Crippen LogP contribution in [0.4, 0.5) is 0 Å². The van der Waals surface area contributed by atoms with Crippen molar-refractivity contribution in [3.8, 4) is 0 Å². The van der Waals surface area contributed by atoms with Gasteiger partial charge in [0.25, 0.3) is 0 Å². The van der Waals surface area contributed by atoms with E-state index < -0.39 is 0 Å². The highest BCUT2D eigenvalue weighted by Crippen LogP contribution is 2.13. The molecule has 0 spiro atoms. The molecule has 1 fully saturated rings. The van der Waals surface area contributed by atoms with Gasteiger partial charge >= 0.3 is 0 Å². The topological polar surface area (TPSA) is 33.1 Å². The maximum absolute atomic E-state index is 6.00. The largest absolute Gasteiger partial charge is 0.336 e. The van der Waals surface area contributed by atoms with Crippen LogP contribution in [-0.2, 0) is 13.5 Å². The fourth-order valence-corrected chi connectivity index (χ4v) is 2.18. The van der Waals surface area contributed by atoms with Crippen LogP contribution in [0.25, 0.3) is 0 Å². The number of rotatable bonds is 3. The summed E-state index contributed by atoms with van der Waals surface area (Å²) in [6.45, 7) is 5.53. The molecule has 1 aliphatic heterocycles. The van der Waals surface area contributed by atoms with E-state index in [0.29, 0.717) is 5.15 Å². The molecule has 5 heteroatoms. The number of nitrogens with one attached hydrogen (secondary N) is 1. The number of hydrogen-bond acceptors (Lipinski definition) is 3. The first kappa shape index (κ1) is 10.9. The molecule has 0 aromatic carbocycles. The minimum Gasteiger partial charge on any atom is -0.336 e. The fourth-order valence-electron chi connectivity index (χ4n) is 1.91. The quantitative estimate of drug-likeness (QED) is 0.819. The molecule has 2 rings (SSSR count). The highest BCUT2D eigenvalue weighted by Gasteiger charge is 2.12. The van der Waals surface area contributed by atoms with Crippen LogP contribution in [-0.4, -0.2) is 47.2 Å². The maximum atomic E-state index is 6.00. The van der Waals surface area contributed by atoms with Gasteiger partial charge in [-0.15, -0.1) is 0 Å². The average Bonchev–Trinajstić information content (AvgIpc) is 2.58. The van der Waals surface area contributed by atoms with Crippen LogP contribution in [0, 0.1) is 0 Å². The molecule has 0 radical (unpaired) electrons. The third-order valence-electron chi connectivity index (χ3n) is 2.88. The molecule has 0 aliphatic carbocycles. The predicted molar refractivity (Wildman–Crippen MR) is 61.2 cm³/mol. The summed E-state index contributed by atoms with van der Waals surface area (Å²) in [6.07, 6.45) is 2.75. The normalized spacial score (nSPS) is 18.3. The van der Waals surface area contributed by atoms with Crippen molar-refractivity contribution in [1.82, 2.24) is 19.8 Å². The number of aromatic nitrogens is 2. The summed E-state index contributed by atoms with van der Waals surface area (Å²) in [5, 5.41) is 3.99. The van der Waals surface area contributed by atoms with Gasteiger partial charge < -0.3 is 14.8 Å². The molecular formula is C10H17ClN4. The summed E-state index contributed by atoms with van der Waals surface area (Å²) in [4.78, 5) is 6.54. The fraction of sp³-hybridized carbons (Fsp3) is 0.700. The van der Waals surface area contributed by atoms with Crippen molar-refractivity contribution in [1.29, 1.82) is 0 Å². The Hall–Kier alpha value is -0.580. The predicted octanol–water partition coefficient (Wildman–Crippen LogP) is 0.521. The lowest BCUT2D eigenvalue weighted by atomic mass is 10.2. The van der Waals surface area contributed by atoms with E-state index in [-0.39, 0.29) is 0 Å². The lowest BCUT2D eigenvalue weighted by Gasteiger charge is -2.27. The van der Waals surface area contributed by atoms with Crippen LogP contribution >= 0.6 is 11.6 Å². The molecule has 2 heterocycles. The van der Waals surface area contributed by atoms with Crippen molar-refractivity contribution in [3.05, 3.63) is 17.2 Å². The second-order valence-electron chi connectivity index (χ2n) is 3.93. The van der Waals surface area contributed by atoms with Crippen molar-refractivity contribution in [2.24, 2.45) is 7.05 Å². The minimum atomic E-state index is 0.646. The van der Waals surface area contributed by atoms with Gasteiger partial charge in [-0.25, -0.2) is 4.98 Å². The first-order valence-corrected chi connectivity index (χ1v) is 5.74. The molecule has 0 atom stereocenters. The molecule has 1 saturated heterocycles. The summed E-state index contributed by atoms with van der Waals surface area (Å²) in [5.74, 6) is 0. The summed E-state index contributed by atoms with van der Waals surface area (Å²) < 4.78 is 2.00. The molecule has 0 unspecified atom stereocenters. The smallest absolute Gasteiger partial charge is 0.150 e. The SMILES string of the molecule is Cn1cnc(Cl)c1CCN1CCNCC1. The summed E-state index contributed by atoms with van der Waals surface area (Å²) in [5.41, 5.74) is 1.13. The molecular weight excluding hydrogens is 212 g/mol. The van der Waals surface area contributed by atoms with Gasteiger partial charge in [0, 0.05) is 46.2 Å². The average molecular weight is 229 g/mol. The van der Waals surface area contributed by atoms with Crippen molar-refractivity contribution in [2.45, 2.75) is 6.42 Å². The highest BCUT2D eigenvalue weighted by atomic mass is 35.5. The Balaban J connectivity index is 1.87. The van der Waals surface area contributed by atoms with Crippen LogP contribution in [0.1, 0.15) is 5.69 Å². The number of piperazine rings is 1. The second kappa shape index (κ2) is 4.96. The third kappa shape index (κ3) is 2.71. The molecule has 1 aromatic rings. The second-order valence-corrected chi connectivity index (χ2v) is 4.29. The van der Waals surface area contributed by atoms with Gasteiger partial charge in [0.2, 0.25) is 0 Å². The number of nitrogens with zero attached hydrogens (tertiary/aromatic N) is 3. The molecule has 0 saturated carbocycles. The van der Waals surface area contributed by atoms with E-state index in [0.717, 1.165) is 44.8 Å². The van der Waals surface area contributed by atoms with Gasteiger partial charge in [-0.1, -0.05) is 11.6 Å². The van der Waals surface area contributed by atoms with Crippen LogP contribution in [0.2, 0.25) is 5.15 Å². The van der Waals surface area contributed by atoms with Crippen LogP contribution in [0.3, 0.4) is 0 Å². The number of halogens is 1. The molecule has 84 valence electrons. The Kier molecular flexibility index (Phi) is 3.61. The molecule has 0 amide bonds. The van der Waals surface area contributed by atoms with E-state index in [1.54, 1.807) is 6.33 Å². The van der Waals surface area contributed by atoms with Gasteiger partial charge in [-0.2, -0.15) is 0 Å². The summed E-state index contributed by atoms with van der Waals surface area (Å²) in [6, 6.07) is 0. The standard InChI is InChI=1S/C10H17ClN4/c1-14-8-13-10(11)9(14)2-5-15-6-3-12-4-7-15/h8,12H,2-7H2,1H3. The van der Waals surface area contributed by atoms with E-state index in [1.807, 2.05) is 11.6 Å². The van der Waals surface area contributed by atoms with Crippen molar-refractivity contribution in [2.75, 3.05) is 32.7 Å². The summed E-state index contributed by atoms with van der Waals surface area (Å²) in [7, 11) is 1.99. The third-order valence-corrected chi connectivity index (χ3v) is 3.20. The van der Waals surface area contributed by atoms with Crippen LogP contribution < -0.4 is 5.32 Å². The lowest BCUT2D eigenvalue weighted by Crippen LogP contribution is -2.44. The molecule has 1 aliphatic rings. The van der Waals surface area contributed by atoms with Crippen molar-refractivity contribution >= 4 is 11.6 Å². The number of hydrogen-bond donors (Lipinski definition) is 1. The van der Waals surface area contributed by atoms with Crippen molar-refractivity contribution < 1.29 is 0 Å². The Labute approximate surface area is 95.2 Å². The maximum Gasteiger partial charge on any atom is 0.150 e. The van der Waals surface area contributed by atoms with Gasteiger partial charge in [0.1, 0.15) is 5.15 Å². The van der Waals surface area contributed by atoms with E-state index in [4.69, 9.17) is 11.6 Å². The zero-order valence-corrected chi connectivity index (χ0v) is 9.80. The number of imidazole rings is 1. The molecule has 1 aromatic heterocycles. The zero-order chi connectivity index (χ0) is 10.7. The minimum absolute atomic E-state index is 0.646. The first-order valence-electron chi connectivity index (χ1n) is 5.36. The van der Waals surface area contributed by atoms with E-state index in [9.17, 15) is 0 Å². The van der Waals surface area contributed by atoms with Gasteiger partial charge in [-0.05, 0) is 0 Å². The first-order chi connectivity index (χ1) is 7.27. The van der Waals surface area contributed by atoms with E-state index >= 15 is 0 Å². The molecule has 4 nitrogen and oxygen atoms in total. The lowest BCUT2D eigenvalue weighted by molar-refractivity contribution is 0.242. The van der Waals surface area contributed by atoms with E-state index in [2.05, 4.69) is 15.2 Å². The van der Waals surface area contributed by atoms with Gasteiger partial charge in [0.15, 0.2) is 0 Å². The Bertz CT molecular complexity index is 298. The monoisotopic (exact) mass is 228 g/mol. The zero-order valence-electron chi connectivity index (χ0n) is 9.04. The molecule has 15 heavy (non-hydrogen) atoms. The van der Waals surface area contributed by atoms with Gasteiger partial charge in [0.05, 0.1) is 12.0 Å². The van der Waals surface area contributed by atoms with E-state index in [1.165, 1.54) is 0 Å². The highest BCUT2D eigenvalue weighted by molar-refractivity contribution is 6.30. The van der Waals surface area contributed by atoms with Gasteiger partial charge in [-0.3, -0.25) is 0 Å². The molecule has 1 N–H and O–H groups in total. The Morgan fingerprint density at radius 2 is 2.20 bits per heavy atom. The van der Waals surface area contributed by atoms with Crippen LogP contribution in [0.5, 0.6) is 0 Å².